The minimum Gasteiger partial charge on any atom is -0.493 e. The van der Waals surface area contributed by atoms with Crippen LogP contribution >= 0.6 is 0 Å². The molecular formula is C24H34N4O7. The fraction of sp³-hybridized carbons (Fsp3) is 0.542. The molecule has 2 aliphatic rings. The molecule has 192 valence electrons. The summed E-state index contributed by atoms with van der Waals surface area (Å²) in [6, 6.07) is 4.17. The Labute approximate surface area is 205 Å². The second kappa shape index (κ2) is 11.9. The van der Waals surface area contributed by atoms with Crippen LogP contribution in [0.4, 0.5) is 4.79 Å². The highest BCUT2D eigenvalue weighted by molar-refractivity contribution is 5.95. The highest BCUT2D eigenvalue weighted by atomic mass is 16.5. The van der Waals surface area contributed by atoms with Crippen molar-refractivity contribution in [2.45, 2.75) is 13.0 Å². The molecule has 11 heteroatoms. The largest absolute Gasteiger partial charge is 0.493 e. The van der Waals surface area contributed by atoms with E-state index in [0.29, 0.717) is 61.1 Å². The normalized spacial score (nSPS) is 18.9. The summed E-state index contributed by atoms with van der Waals surface area (Å²) >= 11 is 0. The SMILES string of the molecule is CCOC(=O)C1=C(CN2CCN(C(=O)COC)CC2)N(C)C(=O)NC1c1cccc(OC)c1OC. The van der Waals surface area contributed by atoms with Crippen molar-refractivity contribution in [2.24, 2.45) is 0 Å². The van der Waals surface area contributed by atoms with Crippen LogP contribution in [0.1, 0.15) is 18.5 Å². The van der Waals surface area contributed by atoms with Gasteiger partial charge in [0.15, 0.2) is 11.5 Å². The molecule has 0 aromatic heterocycles. The van der Waals surface area contributed by atoms with Gasteiger partial charge in [-0.15, -0.1) is 0 Å². The van der Waals surface area contributed by atoms with Gasteiger partial charge in [0.2, 0.25) is 5.91 Å². The fourth-order valence-electron chi connectivity index (χ4n) is 4.35. The van der Waals surface area contributed by atoms with Crippen molar-refractivity contribution in [1.82, 2.24) is 20.0 Å². The first kappa shape index (κ1) is 26.3. The summed E-state index contributed by atoms with van der Waals surface area (Å²) in [4.78, 5) is 43.7. The van der Waals surface area contributed by atoms with E-state index in [1.807, 2.05) is 0 Å². The number of urea groups is 1. The van der Waals surface area contributed by atoms with Crippen molar-refractivity contribution < 1.29 is 33.3 Å². The Kier molecular flexibility index (Phi) is 8.94. The van der Waals surface area contributed by atoms with E-state index in [-0.39, 0.29) is 25.2 Å². The van der Waals surface area contributed by atoms with E-state index in [1.54, 1.807) is 37.1 Å². The lowest BCUT2D eigenvalue weighted by molar-refractivity contribution is -0.139. The lowest BCUT2D eigenvalue weighted by atomic mass is 9.93. The first-order valence-electron chi connectivity index (χ1n) is 11.5. The summed E-state index contributed by atoms with van der Waals surface area (Å²) in [5, 5.41) is 2.91. The number of benzene rings is 1. The minimum absolute atomic E-state index is 0.0467. The molecule has 2 aliphatic heterocycles. The van der Waals surface area contributed by atoms with Crippen LogP contribution in [-0.2, 0) is 19.1 Å². The van der Waals surface area contributed by atoms with Crippen LogP contribution in [0.3, 0.4) is 0 Å². The second-order valence-corrected chi connectivity index (χ2v) is 8.20. The zero-order valence-corrected chi connectivity index (χ0v) is 21.0. The number of hydrogen-bond donors (Lipinski definition) is 1. The molecule has 1 atom stereocenters. The van der Waals surface area contributed by atoms with E-state index < -0.39 is 12.0 Å². The zero-order chi connectivity index (χ0) is 25.5. The second-order valence-electron chi connectivity index (χ2n) is 8.20. The molecule has 1 fully saturated rings. The highest BCUT2D eigenvalue weighted by Gasteiger charge is 2.39. The maximum Gasteiger partial charge on any atom is 0.338 e. The van der Waals surface area contributed by atoms with Gasteiger partial charge in [0, 0.05) is 58.1 Å². The van der Waals surface area contributed by atoms with Crippen LogP contribution in [0.25, 0.3) is 0 Å². The molecule has 1 saturated heterocycles. The molecule has 1 aromatic carbocycles. The van der Waals surface area contributed by atoms with Crippen LogP contribution in [0.5, 0.6) is 11.5 Å². The lowest BCUT2D eigenvalue weighted by Crippen LogP contribution is -2.53. The Hall–Kier alpha value is -3.31. The molecule has 0 spiro atoms. The van der Waals surface area contributed by atoms with Crippen molar-refractivity contribution in [1.29, 1.82) is 0 Å². The highest BCUT2D eigenvalue weighted by Crippen LogP contribution is 2.40. The Bertz CT molecular complexity index is 973. The molecule has 2 heterocycles. The number of carbonyl (C=O) groups is 3. The monoisotopic (exact) mass is 490 g/mol. The average molecular weight is 491 g/mol. The molecule has 0 bridgehead atoms. The van der Waals surface area contributed by atoms with Gasteiger partial charge in [0.1, 0.15) is 6.61 Å². The molecule has 0 aliphatic carbocycles. The van der Waals surface area contributed by atoms with E-state index in [9.17, 15) is 14.4 Å². The third-order valence-electron chi connectivity index (χ3n) is 6.18. The van der Waals surface area contributed by atoms with Crippen molar-refractivity contribution in [3.8, 4) is 11.5 Å². The van der Waals surface area contributed by atoms with Gasteiger partial charge in [0.05, 0.1) is 32.4 Å². The number of likely N-dealkylation sites (N-methyl/N-ethyl adjacent to an activating group) is 1. The minimum atomic E-state index is -0.789. The van der Waals surface area contributed by atoms with Crippen LogP contribution in [0.2, 0.25) is 0 Å². The number of hydrogen-bond acceptors (Lipinski definition) is 8. The number of para-hydroxylation sites is 1. The maximum absolute atomic E-state index is 13.2. The number of rotatable bonds is 9. The van der Waals surface area contributed by atoms with E-state index in [4.69, 9.17) is 18.9 Å². The summed E-state index contributed by atoms with van der Waals surface area (Å²) < 4.78 is 21.4. The Morgan fingerprint density at radius 3 is 2.40 bits per heavy atom. The molecule has 3 rings (SSSR count). The van der Waals surface area contributed by atoms with Gasteiger partial charge < -0.3 is 29.2 Å². The third kappa shape index (κ3) is 5.68. The van der Waals surface area contributed by atoms with E-state index >= 15 is 0 Å². The van der Waals surface area contributed by atoms with E-state index in [0.717, 1.165) is 0 Å². The van der Waals surface area contributed by atoms with Gasteiger partial charge in [-0.05, 0) is 13.0 Å². The zero-order valence-electron chi connectivity index (χ0n) is 21.0. The average Bonchev–Trinajstić information content (AvgIpc) is 2.86. The summed E-state index contributed by atoms with van der Waals surface area (Å²) in [7, 11) is 6.16. The molecular weight excluding hydrogens is 456 g/mol. The van der Waals surface area contributed by atoms with Gasteiger partial charge in [0.25, 0.3) is 0 Å². The number of methoxy groups -OCH3 is 3. The number of piperazine rings is 1. The Morgan fingerprint density at radius 1 is 1.09 bits per heavy atom. The van der Waals surface area contributed by atoms with Crippen LogP contribution in [-0.4, -0.2) is 107 Å². The van der Waals surface area contributed by atoms with Crippen LogP contribution < -0.4 is 14.8 Å². The number of carbonyl (C=O) groups excluding carboxylic acids is 3. The molecule has 3 amide bonds. The first-order chi connectivity index (χ1) is 16.9. The third-order valence-corrected chi connectivity index (χ3v) is 6.18. The van der Waals surface area contributed by atoms with Crippen molar-refractivity contribution in [2.75, 3.05) is 74.3 Å². The van der Waals surface area contributed by atoms with Crippen molar-refractivity contribution in [3.63, 3.8) is 0 Å². The van der Waals surface area contributed by atoms with Gasteiger partial charge >= 0.3 is 12.0 Å². The fourth-order valence-corrected chi connectivity index (χ4v) is 4.35. The lowest BCUT2D eigenvalue weighted by Gasteiger charge is -2.39. The predicted octanol–water partition coefficient (Wildman–Crippen LogP) is 1.01. The summed E-state index contributed by atoms with van der Waals surface area (Å²) in [5.41, 5.74) is 1.46. The molecule has 1 unspecified atom stereocenters. The molecule has 0 radical (unpaired) electrons. The van der Waals surface area contributed by atoms with Gasteiger partial charge in [-0.25, -0.2) is 9.59 Å². The van der Waals surface area contributed by atoms with Gasteiger partial charge in [-0.3, -0.25) is 14.6 Å². The summed E-state index contributed by atoms with van der Waals surface area (Å²) in [5.74, 6) is 0.340. The molecule has 0 saturated carbocycles. The topological polar surface area (TPSA) is 110 Å². The number of ether oxygens (including phenoxy) is 4. The Morgan fingerprint density at radius 2 is 1.80 bits per heavy atom. The number of esters is 1. The van der Waals surface area contributed by atoms with Crippen molar-refractivity contribution in [3.05, 3.63) is 35.0 Å². The molecule has 1 aromatic rings. The smallest absolute Gasteiger partial charge is 0.338 e. The standard InChI is InChI=1S/C24H34N4O7/c1-6-35-23(30)20-17(14-27-10-12-28(13-11-27)19(29)15-32-3)26(2)24(31)25-21(20)16-8-7-9-18(33-4)22(16)34-5/h7-9,21H,6,10-15H2,1-5H3,(H,25,31). The van der Waals surface area contributed by atoms with Crippen LogP contribution in [0, 0.1) is 0 Å². The quantitative estimate of drug-likeness (QED) is 0.511. The number of nitrogens with zero attached hydrogens (tertiary/aromatic N) is 3. The molecule has 35 heavy (non-hydrogen) atoms. The summed E-state index contributed by atoms with van der Waals surface area (Å²) in [6.45, 7) is 4.57. The van der Waals surface area contributed by atoms with Crippen LogP contribution in [0.15, 0.2) is 29.5 Å². The van der Waals surface area contributed by atoms with Gasteiger partial charge in [-0.2, -0.15) is 0 Å². The number of nitrogens with one attached hydrogen (secondary N) is 1. The maximum atomic E-state index is 13.2. The van der Waals surface area contributed by atoms with Crippen molar-refractivity contribution >= 4 is 17.9 Å². The Balaban J connectivity index is 1.98. The van der Waals surface area contributed by atoms with E-state index in [1.165, 1.54) is 26.2 Å². The van der Waals surface area contributed by atoms with Gasteiger partial charge in [-0.1, -0.05) is 12.1 Å². The molecule has 1 N–H and O–H groups in total. The number of amides is 3. The molecule has 11 nitrogen and oxygen atoms in total. The van der Waals surface area contributed by atoms with E-state index in [2.05, 4.69) is 10.2 Å². The first-order valence-corrected chi connectivity index (χ1v) is 11.5. The predicted molar refractivity (Wildman–Crippen MR) is 127 cm³/mol. The summed E-state index contributed by atoms with van der Waals surface area (Å²) in [6.07, 6.45) is 0.